The van der Waals surface area contributed by atoms with E-state index in [-0.39, 0.29) is 11.7 Å². The molecule has 0 amide bonds. The molecule has 1 aromatic rings. The van der Waals surface area contributed by atoms with Gasteiger partial charge in [-0.25, -0.2) is 4.79 Å². The van der Waals surface area contributed by atoms with Gasteiger partial charge in [-0.2, -0.15) is 0 Å². The van der Waals surface area contributed by atoms with Gasteiger partial charge in [-0.1, -0.05) is 6.92 Å². The zero-order chi connectivity index (χ0) is 12.6. The lowest BCUT2D eigenvalue weighted by Gasteiger charge is -2.27. The van der Waals surface area contributed by atoms with Gasteiger partial charge < -0.3 is 4.74 Å². The zero-order valence-electron chi connectivity index (χ0n) is 10.4. The van der Waals surface area contributed by atoms with Crippen LogP contribution in [0.4, 0.5) is 0 Å². The van der Waals surface area contributed by atoms with Crippen molar-refractivity contribution in [3.63, 3.8) is 0 Å². The summed E-state index contributed by atoms with van der Waals surface area (Å²) in [4.78, 5) is 25.4. The third-order valence-corrected chi connectivity index (χ3v) is 3.44. The molecule has 0 aromatic carbocycles. The molecule has 0 bridgehead atoms. The predicted molar refractivity (Wildman–Crippen MR) is 64.1 cm³/mol. The smallest absolute Gasteiger partial charge is 0.330 e. The Hall–Kier alpha value is -1.36. The molecule has 0 radical (unpaired) electrons. The molecule has 0 spiro atoms. The largest absolute Gasteiger partial charge is 0.352 e. The number of aromatic amines is 1. The molecule has 2 unspecified atom stereocenters. The third-order valence-electron chi connectivity index (χ3n) is 3.44. The molecule has 2 atom stereocenters. The average molecular weight is 238 g/mol. The highest BCUT2D eigenvalue weighted by Gasteiger charge is 2.37. The first-order valence-corrected chi connectivity index (χ1v) is 5.97. The minimum absolute atomic E-state index is 0.194. The predicted octanol–water partition coefficient (Wildman–Crippen LogP) is 1.11. The molecule has 5 heteroatoms. The Morgan fingerprint density at radius 1 is 1.59 bits per heavy atom. The van der Waals surface area contributed by atoms with E-state index in [2.05, 4.69) is 11.9 Å². The summed E-state index contributed by atoms with van der Waals surface area (Å²) >= 11 is 0. The van der Waals surface area contributed by atoms with Gasteiger partial charge in [0.2, 0.25) is 0 Å². The monoisotopic (exact) mass is 238 g/mol. The Labute approximate surface area is 99.4 Å². The number of nitrogens with one attached hydrogen (secondary N) is 1. The van der Waals surface area contributed by atoms with E-state index in [1.54, 1.807) is 13.1 Å². The van der Waals surface area contributed by atoms with Crippen LogP contribution in [0.25, 0.3) is 0 Å². The number of aryl methyl sites for hydroxylation is 1. The summed E-state index contributed by atoms with van der Waals surface area (Å²) in [5.74, 6) is 0. The summed E-state index contributed by atoms with van der Waals surface area (Å²) in [6, 6.07) is 0. The Morgan fingerprint density at radius 2 is 2.29 bits per heavy atom. The Morgan fingerprint density at radius 3 is 2.88 bits per heavy atom. The summed E-state index contributed by atoms with van der Waals surface area (Å²) in [6.07, 6.45) is 4.44. The van der Waals surface area contributed by atoms with Gasteiger partial charge in [0.1, 0.15) is 5.72 Å². The molecule has 2 rings (SSSR count). The maximum atomic E-state index is 11.8. The van der Waals surface area contributed by atoms with E-state index in [1.807, 2.05) is 6.92 Å². The number of aromatic nitrogens is 2. The van der Waals surface area contributed by atoms with Gasteiger partial charge in [-0.05, 0) is 33.1 Å². The van der Waals surface area contributed by atoms with Crippen molar-refractivity contribution in [2.45, 2.75) is 51.9 Å². The van der Waals surface area contributed by atoms with Crippen molar-refractivity contribution in [3.8, 4) is 0 Å². The van der Waals surface area contributed by atoms with Crippen molar-refractivity contribution in [3.05, 3.63) is 32.6 Å². The minimum Gasteiger partial charge on any atom is -0.352 e. The summed E-state index contributed by atoms with van der Waals surface area (Å²) < 4.78 is 7.40. The second-order valence-electron chi connectivity index (χ2n) is 4.80. The number of H-pyrrole nitrogens is 1. The lowest BCUT2D eigenvalue weighted by Crippen LogP contribution is -2.42. The average Bonchev–Trinajstić information content (AvgIpc) is 2.66. The van der Waals surface area contributed by atoms with Crippen LogP contribution in [0.3, 0.4) is 0 Å². The second-order valence-corrected chi connectivity index (χ2v) is 4.80. The van der Waals surface area contributed by atoms with Crippen LogP contribution >= 0.6 is 0 Å². The van der Waals surface area contributed by atoms with Crippen LogP contribution in [0.2, 0.25) is 0 Å². The Balaban J connectivity index is 2.44. The Kier molecular flexibility index (Phi) is 2.95. The van der Waals surface area contributed by atoms with Gasteiger partial charge >= 0.3 is 5.69 Å². The highest BCUT2D eigenvalue weighted by atomic mass is 16.5. The van der Waals surface area contributed by atoms with Crippen molar-refractivity contribution >= 4 is 0 Å². The second kappa shape index (κ2) is 4.14. The van der Waals surface area contributed by atoms with Crippen LogP contribution < -0.4 is 11.2 Å². The minimum atomic E-state index is -0.632. The van der Waals surface area contributed by atoms with Crippen molar-refractivity contribution in [2.75, 3.05) is 0 Å². The highest BCUT2D eigenvalue weighted by molar-refractivity contribution is 5.03. The molecule has 0 aliphatic carbocycles. The van der Waals surface area contributed by atoms with E-state index in [0.29, 0.717) is 5.56 Å². The fourth-order valence-electron chi connectivity index (χ4n) is 2.29. The topological polar surface area (TPSA) is 64.1 Å². The lowest BCUT2D eigenvalue weighted by atomic mass is 10.1. The molecular formula is C12H18N2O3. The molecule has 17 heavy (non-hydrogen) atoms. The summed E-state index contributed by atoms with van der Waals surface area (Å²) in [5, 5.41) is 0. The fraction of sp³-hybridized carbons (Fsp3) is 0.667. The van der Waals surface area contributed by atoms with Crippen LogP contribution in [0.15, 0.2) is 15.8 Å². The summed E-state index contributed by atoms with van der Waals surface area (Å²) in [5.41, 5.74) is -0.846. The van der Waals surface area contributed by atoms with Crippen molar-refractivity contribution in [1.29, 1.82) is 0 Å². The zero-order valence-corrected chi connectivity index (χ0v) is 10.4. The van der Waals surface area contributed by atoms with E-state index in [9.17, 15) is 9.59 Å². The normalized spacial score (nSPS) is 28.5. The number of nitrogens with zero attached hydrogens (tertiary/aromatic N) is 1. The van der Waals surface area contributed by atoms with Gasteiger partial charge in [0, 0.05) is 11.8 Å². The highest BCUT2D eigenvalue weighted by Crippen LogP contribution is 2.34. The molecule has 1 saturated heterocycles. The van der Waals surface area contributed by atoms with Crippen LogP contribution in [-0.4, -0.2) is 15.7 Å². The van der Waals surface area contributed by atoms with Gasteiger partial charge in [-0.15, -0.1) is 0 Å². The van der Waals surface area contributed by atoms with Crippen molar-refractivity contribution in [2.24, 2.45) is 0 Å². The number of hydrogen-bond donors (Lipinski definition) is 1. The molecule has 0 saturated carbocycles. The SMILES string of the molecule is CCC1CCC(C)(n2cc(C)c(=O)[nH]c2=O)O1. The van der Waals surface area contributed by atoms with E-state index in [0.717, 1.165) is 19.3 Å². The van der Waals surface area contributed by atoms with Crippen LogP contribution in [0, 0.1) is 6.92 Å². The van der Waals surface area contributed by atoms with E-state index in [4.69, 9.17) is 4.74 Å². The van der Waals surface area contributed by atoms with E-state index < -0.39 is 11.4 Å². The maximum absolute atomic E-state index is 11.8. The van der Waals surface area contributed by atoms with Crippen molar-refractivity contribution in [1.82, 2.24) is 9.55 Å². The van der Waals surface area contributed by atoms with Gasteiger partial charge in [0.15, 0.2) is 0 Å². The standard InChI is InChI=1S/C12H18N2O3/c1-4-9-5-6-12(3,17-9)14-7-8(2)10(15)13-11(14)16/h7,9H,4-6H2,1-3H3,(H,13,15,16). The molecule has 1 aromatic heterocycles. The van der Waals surface area contributed by atoms with E-state index in [1.165, 1.54) is 4.57 Å². The molecule has 5 nitrogen and oxygen atoms in total. The molecule has 2 heterocycles. The lowest BCUT2D eigenvalue weighted by molar-refractivity contribution is -0.0882. The molecule has 94 valence electrons. The fourth-order valence-corrected chi connectivity index (χ4v) is 2.29. The van der Waals surface area contributed by atoms with E-state index >= 15 is 0 Å². The van der Waals surface area contributed by atoms with Crippen LogP contribution in [0.5, 0.6) is 0 Å². The molecule has 1 aliphatic heterocycles. The first-order valence-electron chi connectivity index (χ1n) is 5.97. The molecule has 1 aliphatic rings. The summed E-state index contributed by atoms with van der Waals surface area (Å²) in [7, 11) is 0. The quantitative estimate of drug-likeness (QED) is 0.839. The number of rotatable bonds is 2. The first kappa shape index (κ1) is 12.1. The van der Waals surface area contributed by atoms with Gasteiger partial charge in [-0.3, -0.25) is 14.3 Å². The van der Waals surface area contributed by atoms with Crippen molar-refractivity contribution < 1.29 is 4.74 Å². The third kappa shape index (κ3) is 2.07. The maximum Gasteiger partial charge on any atom is 0.330 e. The number of ether oxygens (including phenoxy) is 1. The number of hydrogen-bond acceptors (Lipinski definition) is 3. The summed E-state index contributed by atoms with van der Waals surface area (Å²) in [6.45, 7) is 5.64. The van der Waals surface area contributed by atoms with Crippen LogP contribution in [-0.2, 0) is 10.5 Å². The molecule has 1 N–H and O–H groups in total. The first-order chi connectivity index (χ1) is 7.96. The van der Waals surface area contributed by atoms with Gasteiger partial charge in [0.05, 0.1) is 6.10 Å². The van der Waals surface area contributed by atoms with Crippen LogP contribution in [0.1, 0.15) is 38.7 Å². The van der Waals surface area contributed by atoms with Gasteiger partial charge in [0.25, 0.3) is 5.56 Å². The molecule has 1 fully saturated rings. The molecular weight excluding hydrogens is 220 g/mol. The Bertz CT molecular complexity index is 531.